The number of amides is 4. The van der Waals surface area contributed by atoms with Crippen LogP contribution in [-0.4, -0.2) is 110 Å². The minimum absolute atomic E-state index is 0.0480. The van der Waals surface area contributed by atoms with Crippen LogP contribution in [0.2, 0.25) is 0 Å². The number of nitrogens with one attached hydrogen (secondary N) is 3. The van der Waals surface area contributed by atoms with Crippen molar-refractivity contribution >= 4 is 47.2 Å². The molecule has 0 bridgehead atoms. The second-order valence-corrected chi connectivity index (χ2v) is 11.3. The molecule has 0 aromatic carbocycles. The molecule has 0 radical (unpaired) electrons. The Hall–Kier alpha value is -1.50. The van der Waals surface area contributed by atoms with Gasteiger partial charge in [-0.1, -0.05) is 34.6 Å². The Bertz CT molecular complexity index is 656. The van der Waals surface area contributed by atoms with Crippen LogP contribution in [0.3, 0.4) is 0 Å². The minimum atomic E-state index is -0.226. The Kier molecular flexibility index (Phi) is 28.5. The molecule has 1 atom stereocenters. The molecule has 0 aromatic rings. The van der Waals surface area contributed by atoms with Gasteiger partial charge in [0.05, 0.1) is 37.4 Å². The molecule has 1 unspecified atom stereocenters. The Balaban J connectivity index is 0. The highest BCUT2D eigenvalue weighted by molar-refractivity contribution is 8.00. The van der Waals surface area contributed by atoms with Gasteiger partial charge in [-0.2, -0.15) is 11.8 Å². The van der Waals surface area contributed by atoms with E-state index in [2.05, 4.69) is 29.8 Å². The molecule has 10 nitrogen and oxygen atoms in total. The molecule has 0 saturated carbocycles. The van der Waals surface area contributed by atoms with Gasteiger partial charge in [-0.05, 0) is 26.0 Å². The molecule has 0 aromatic heterocycles. The summed E-state index contributed by atoms with van der Waals surface area (Å²) in [7, 11) is 0. The minimum Gasteiger partial charge on any atom is -0.377 e. The van der Waals surface area contributed by atoms with Crippen LogP contribution >= 0.6 is 23.5 Å². The second-order valence-electron chi connectivity index (χ2n) is 8.63. The molecule has 0 aliphatic rings. The van der Waals surface area contributed by atoms with Crippen molar-refractivity contribution in [2.24, 2.45) is 0 Å². The molecule has 0 fully saturated rings. The molecule has 0 aliphatic heterocycles. The molecule has 4 amide bonds. The molecule has 0 heterocycles. The Morgan fingerprint density at radius 3 is 1.92 bits per heavy atom. The van der Waals surface area contributed by atoms with Crippen molar-refractivity contribution in [1.29, 1.82) is 0 Å². The Labute approximate surface area is 245 Å². The zero-order chi connectivity index (χ0) is 29.9. The number of ether oxygens (including phenoxy) is 2. The summed E-state index contributed by atoms with van der Waals surface area (Å²) in [5.41, 5.74) is 0. The van der Waals surface area contributed by atoms with Gasteiger partial charge >= 0.3 is 0 Å². The predicted octanol–water partition coefficient (Wildman–Crippen LogP) is 2.70. The van der Waals surface area contributed by atoms with E-state index in [4.69, 9.17) is 9.47 Å². The average Bonchev–Trinajstić information content (AvgIpc) is 2.92. The van der Waals surface area contributed by atoms with Crippen LogP contribution in [0, 0.1) is 0 Å². The number of hydrogen-bond donors (Lipinski definition) is 3. The van der Waals surface area contributed by atoms with Crippen molar-refractivity contribution in [3.05, 3.63) is 0 Å². The summed E-state index contributed by atoms with van der Waals surface area (Å²) in [6, 6.07) is 0. The maximum absolute atomic E-state index is 12.8. The SMILES string of the molecule is CC.CCSCC(=O)NCCN(CCNC(=O)CSC(C)CC)C(=O)CCC(=O)NCCOCCOC(C)C. The summed E-state index contributed by atoms with van der Waals surface area (Å²) >= 11 is 3.12. The highest BCUT2D eigenvalue weighted by atomic mass is 32.2. The van der Waals surface area contributed by atoms with E-state index < -0.39 is 0 Å². The predicted molar refractivity (Wildman–Crippen MR) is 163 cm³/mol. The molecule has 0 saturated heterocycles. The lowest BCUT2D eigenvalue weighted by atomic mass is 10.2. The molecular formula is C27H54N4O6S2. The normalized spacial score (nSPS) is 11.3. The first-order valence-electron chi connectivity index (χ1n) is 14.2. The largest absolute Gasteiger partial charge is 0.377 e. The highest BCUT2D eigenvalue weighted by Gasteiger charge is 2.16. The topological polar surface area (TPSA) is 126 Å². The van der Waals surface area contributed by atoms with Gasteiger partial charge < -0.3 is 30.3 Å². The van der Waals surface area contributed by atoms with Gasteiger partial charge in [0.1, 0.15) is 0 Å². The summed E-state index contributed by atoms with van der Waals surface area (Å²) in [6.45, 7) is 17.0. The van der Waals surface area contributed by atoms with E-state index in [-0.39, 0.29) is 42.6 Å². The van der Waals surface area contributed by atoms with Gasteiger partial charge in [0.2, 0.25) is 23.6 Å². The Morgan fingerprint density at radius 2 is 1.36 bits per heavy atom. The standard InChI is InChI=1S/C25H48N4O6S2.C2H6/c1-6-21(5)37-19-24(32)27-11-14-29(13-10-26-23(31)18-36-7-2)25(33)9-8-22(30)28-12-15-34-16-17-35-20(3)4;1-2/h20-21H,6-19H2,1-5H3,(H,26,31)(H,27,32)(H,28,30);1-2H3. The van der Waals surface area contributed by atoms with E-state index >= 15 is 0 Å². The third-order valence-corrected chi connectivity index (χ3v) is 7.29. The van der Waals surface area contributed by atoms with Crippen molar-refractivity contribution in [2.75, 3.05) is 69.8 Å². The van der Waals surface area contributed by atoms with E-state index in [0.29, 0.717) is 69.3 Å². The number of carbonyl (C=O) groups excluding carboxylic acids is 4. The third-order valence-electron chi connectivity index (χ3n) is 5.08. The van der Waals surface area contributed by atoms with Crippen molar-refractivity contribution in [2.45, 2.75) is 79.1 Å². The first kappa shape index (κ1) is 39.6. The van der Waals surface area contributed by atoms with Gasteiger partial charge in [0.15, 0.2) is 0 Å². The number of thioether (sulfide) groups is 2. The highest BCUT2D eigenvalue weighted by Crippen LogP contribution is 2.12. The van der Waals surface area contributed by atoms with E-state index in [1.165, 1.54) is 11.8 Å². The zero-order valence-corrected chi connectivity index (χ0v) is 26.9. The van der Waals surface area contributed by atoms with Crippen LogP contribution in [0.15, 0.2) is 0 Å². The van der Waals surface area contributed by atoms with Crippen LogP contribution in [0.25, 0.3) is 0 Å². The molecule has 3 N–H and O–H groups in total. The summed E-state index contributed by atoms with van der Waals surface area (Å²) in [6.07, 6.45) is 1.26. The monoisotopic (exact) mass is 594 g/mol. The van der Waals surface area contributed by atoms with Crippen LogP contribution in [0.1, 0.15) is 67.7 Å². The van der Waals surface area contributed by atoms with Crippen LogP contribution in [-0.2, 0) is 28.7 Å². The second kappa shape index (κ2) is 28.0. The number of carbonyl (C=O) groups is 4. The quantitative estimate of drug-likeness (QED) is 0.154. The van der Waals surface area contributed by atoms with Crippen molar-refractivity contribution in [1.82, 2.24) is 20.9 Å². The molecule has 39 heavy (non-hydrogen) atoms. The molecule has 0 spiro atoms. The number of hydrogen-bond acceptors (Lipinski definition) is 8. The summed E-state index contributed by atoms with van der Waals surface area (Å²) in [5, 5.41) is 8.82. The van der Waals surface area contributed by atoms with Crippen LogP contribution < -0.4 is 16.0 Å². The maximum atomic E-state index is 12.8. The van der Waals surface area contributed by atoms with Gasteiger partial charge in [-0.3, -0.25) is 19.2 Å². The van der Waals surface area contributed by atoms with Crippen molar-refractivity contribution < 1.29 is 28.7 Å². The van der Waals surface area contributed by atoms with E-state index in [9.17, 15) is 19.2 Å². The lowest BCUT2D eigenvalue weighted by molar-refractivity contribution is -0.134. The molecule has 230 valence electrons. The first-order valence-corrected chi connectivity index (χ1v) is 16.4. The first-order chi connectivity index (χ1) is 18.7. The van der Waals surface area contributed by atoms with E-state index in [0.717, 1.165) is 12.2 Å². The van der Waals surface area contributed by atoms with Crippen molar-refractivity contribution in [3.8, 4) is 0 Å². The number of rotatable bonds is 23. The summed E-state index contributed by atoms with van der Waals surface area (Å²) in [4.78, 5) is 50.5. The molecule has 0 aliphatic carbocycles. The fraction of sp³-hybridized carbons (Fsp3) is 0.852. The fourth-order valence-electron chi connectivity index (χ4n) is 2.83. The van der Waals surface area contributed by atoms with Gasteiger partial charge in [0.25, 0.3) is 0 Å². The lowest BCUT2D eigenvalue weighted by Gasteiger charge is -2.23. The van der Waals surface area contributed by atoms with E-state index in [1.807, 2.05) is 34.6 Å². The summed E-state index contributed by atoms with van der Waals surface area (Å²) < 4.78 is 10.8. The smallest absolute Gasteiger partial charge is 0.230 e. The fourth-order valence-corrected chi connectivity index (χ4v) is 4.09. The van der Waals surface area contributed by atoms with Gasteiger partial charge in [-0.25, -0.2) is 0 Å². The number of nitrogens with zero attached hydrogens (tertiary/aromatic N) is 1. The van der Waals surface area contributed by atoms with Gasteiger partial charge in [-0.15, -0.1) is 11.8 Å². The zero-order valence-electron chi connectivity index (χ0n) is 25.3. The maximum Gasteiger partial charge on any atom is 0.230 e. The summed E-state index contributed by atoms with van der Waals surface area (Å²) in [5.74, 6) is 1.04. The van der Waals surface area contributed by atoms with Crippen LogP contribution in [0.5, 0.6) is 0 Å². The van der Waals surface area contributed by atoms with E-state index in [1.54, 1.807) is 16.7 Å². The third kappa shape index (κ3) is 26.5. The average molecular weight is 595 g/mol. The molecule has 0 rings (SSSR count). The van der Waals surface area contributed by atoms with Crippen molar-refractivity contribution in [3.63, 3.8) is 0 Å². The Morgan fingerprint density at radius 1 is 0.769 bits per heavy atom. The lowest BCUT2D eigenvalue weighted by Crippen LogP contribution is -2.43. The van der Waals surface area contributed by atoms with Crippen LogP contribution in [0.4, 0.5) is 0 Å². The van der Waals surface area contributed by atoms with Gasteiger partial charge in [0, 0.05) is 50.8 Å². The molecular weight excluding hydrogens is 540 g/mol. The molecule has 12 heteroatoms.